The fourth-order valence-corrected chi connectivity index (χ4v) is 2.23. The van der Waals surface area contributed by atoms with Gasteiger partial charge in [0, 0.05) is 13.0 Å². The highest BCUT2D eigenvalue weighted by atomic mass is 19.1. The van der Waals surface area contributed by atoms with Crippen molar-refractivity contribution < 1.29 is 32.4 Å². The van der Waals surface area contributed by atoms with Gasteiger partial charge >= 0.3 is 5.97 Å². The fraction of sp³-hybridized carbons (Fsp3) is 0.158. The topological polar surface area (TPSA) is 104 Å². The summed E-state index contributed by atoms with van der Waals surface area (Å²) in [4.78, 5) is 27.8. The Morgan fingerprint density at radius 1 is 1.14 bits per heavy atom. The van der Waals surface area contributed by atoms with Gasteiger partial charge in [0.2, 0.25) is 11.7 Å². The zero-order valence-electron chi connectivity index (χ0n) is 15.1. The van der Waals surface area contributed by atoms with E-state index in [0.717, 1.165) is 12.1 Å². The molecule has 0 fully saturated rings. The van der Waals surface area contributed by atoms with E-state index in [1.807, 2.05) is 0 Å². The van der Waals surface area contributed by atoms with Gasteiger partial charge in [-0.2, -0.15) is 4.98 Å². The minimum Gasteiger partial charge on any atom is -0.485 e. The number of aromatic nitrogens is 2. The van der Waals surface area contributed by atoms with Crippen LogP contribution in [-0.2, 0) is 16.1 Å². The van der Waals surface area contributed by atoms with Gasteiger partial charge in [-0.3, -0.25) is 4.79 Å². The summed E-state index contributed by atoms with van der Waals surface area (Å²) in [7, 11) is 0. The summed E-state index contributed by atoms with van der Waals surface area (Å²) in [5.41, 5.74) is -0.0285. The van der Waals surface area contributed by atoms with Gasteiger partial charge in [-0.1, -0.05) is 5.16 Å². The Balaban J connectivity index is 1.48. The van der Waals surface area contributed by atoms with Crippen molar-refractivity contribution in [2.24, 2.45) is 0 Å². The average molecular weight is 403 g/mol. The molecule has 0 saturated carbocycles. The molecule has 0 bridgehead atoms. The van der Waals surface area contributed by atoms with Gasteiger partial charge in [-0.15, -0.1) is 0 Å². The van der Waals surface area contributed by atoms with Crippen molar-refractivity contribution >= 4 is 17.6 Å². The van der Waals surface area contributed by atoms with Crippen LogP contribution in [-0.4, -0.2) is 28.6 Å². The van der Waals surface area contributed by atoms with Crippen LogP contribution in [0.5, 0.6) is 5.75 Å². The largest absolute Gasteiger partial charge is 0.485 e. The number of rotatable bonds is 7. The Hall–Kier alpha value is -3.82. The first-order valence-electron chi connectivity index (χ1n) is 8.35. The molecule has 0 spiro atoms. The Labute approximate surface area is 163 Å². The van der Waals surface area contributed by atoms with Gasteiger partial charge < -0.3 is 19.3 Å². The normalized spacial score (nSPS) is 10.4. The predicted octanol–water partition coefficient (Wildman–Crippen LogP) is 3.03. The van der Waals surface area contributed by atoms with Crippen LogP contribution < -0.4 is 10.1 Å². The van der Waals surface area contributed by atoms with Crippen molar-refractivity contribution in [3.63, 3.8) is 0 Å². The second kappa shape index (κ2) is 8.91. The molecule has 0 atom stereocenters. The Morgan fingerprint density at radius 2 is 1.90 bits per heavy atom. The van der Waals surface area contributed by atoms with Gasteiger partial charge in [0.1, 0.15) is 17.4 Å². The van der Waals surface area contributed by atoms with Crippen LogP contribution in [0.15, 0.2) is 47.0 Å². The van der Waals surface area contributed by atoms with Crippen LogP contribution in [0, 0.1) is 18.6 Å². The van der Waals surface area contributed by atoms with Gasteiger partial charge in [-0.25, -0.2) is 13.6 Å². The van der Waals surface area contributed by atoms with Crippen LogP contribution in [0.4, 0.5) is 14.5 Å². The maximum atomic E-state index is 13.5. The van der Waals surface area contributed by atoms with Crippen LogP contribution in [0.1, 0.15) is 22.1 Å². The number of nitrogens with one attached hydrogen (secondary N) is 1. The van der Waals surface area contributed by atoms with E-state index in [2.05, 4.69) is 15.5 Å². The summed E-state index contributed by atoms with van der Waals surface area (Å²) in [6.07, 6.45) is 0. The molecule has 29 heavy (non-hydrogen) atoms. The molecule has 0 unspecified atom stereocenters. The molecule has 2 aromatic carbocycles. The summed E-state index contributed by atoms with van der Waals surface area (Å²) in [5.74, 6) is -1.95. The molecule has 1 amide bonds. The van der Waals surface area contributed by atoms with Crippen molar-refractivity contribution in [2.45, 2.75) is 13.5 Å². The summed E-state index contributed by atoms with van der Waals surface area (Å²) in [6.45, 7) is 1.12. The number of ether oxygens (including phenoxy) is 2. The lowest BCUT2D eigenvalue weighted by atomic mass is 10.2. The van der Waals surface area contributed by atoms with Crippen molar-refractivity contribution in [1.82, 2.24) is 10.1 Å². The zero-order valence-corrected chi connectivity index (χ0v) is 15.1. The number of aryl methyl sites for hydroxylation is 1. The number of carbonyl (C=O) groups excluding carboxylic acids is 2. The SMILES string of the molecule is Cc1nc(COc2ccc(C(=O)OCC(=O)Nc3ccc(F)cc3F)cc2)no1. The highest BCUT2D eigenvalue weighted by molar-refractivity contribution is 5.95. The van der Waals surface area contributed by atoms with Crippen molar-refractivity contribution in [2.75, 3.05) is 11.9 Å². The molecule has 1 N–H and O–H groups in total. The molecule has 0 aliphatic heterocycles. The predicted molar refractivity (Wildman–Crippen MR) is 95.1 cm³/mol. The highest BCUT2D eigenvalue weighted by Gasteiger charge is 2.13. The molecule has 0 radical (unpaired) electrons. The molecule has 1 aromatic heterocycles. The first-order chi connectivity index (χ1) is 13.9. The number of esters is 1. The summed E-state index contributed by atoms with van der Waals surface area (Å²) in [5, 5.41) is 5.88. The van der Waals surface area contributed by atoms with E-state index in [4.69, 9.17) is 14.0 Å². The second-order valence-electron chi connectivity index (χ2n) is 5.79. The van der Waals surface area contributed by atoms with Crippen LogP contribution in [0.2, 0.25) is 0 Å². The van der Waals surface area contributed by atoms with Crippen LogP contribution >= 0.6 is 0 Å². The molecular weight excluding hydrogens is 388 g/mol. The lowest BCUT2D eigenvalue weighted by molar-refractivity contribution is -0.119. The van der Waals surface area contributed by atoms with Crippen molar-refractivity contribution in [1.29, 1.82) is 0 Å². The van der Waals surface area contributed by atoms with Crippen molar-refractivity contribution in [3.05, 3.63) is 71.4 Å². The van der Waals surface area contributed by atoms with Gasteiger partial charge in [0.05, 0.1) is 11.3 Å². The van der Waals surface area contributed by atoms with E-state index >= 15 is 0 Å². The molecule has 3 rings (SSSR count). The minimum atomic E-state index is -0.934. The first kappa shape index (κ1) is 19.9. The number of halogens is 2. The second-order valence-corrected chi connectivity index (χ2v) is 5.79. The third kappa shape index (κ3) is 5.58. The van der Waals surface area contributed by atoms with Crippen molar-refractivity contribution in [3.8, 4) is 5.75 Å². The summed E-state index contributed by atoms with van der Waals surface area (Å²) < 4.78 is 41.5. The molecule has 0 aliphatic carbocycles. The number of carbonyl (C=O) groups is 2. The smallest absolute Gasteiger partial charge is 0.338 e. The van der Waals surface area contributed by atoms with E-state index in [9.17, 15) is 18.4 Å². The minimum absolute atomic E-state index is 0.0985. The highest BCUT2D eigenvalue weighted by Crippen LogP contribution is 2.16. The van der Waals surface area contributed by atoms with E-state index in [1.54, 1.807) is 6.92 Å². The quantitative estimate of drug-likeness (QED) is 0.605. The monoisotopic (exact) mass is 403 g/mol. The zero-order chi connectivity index (χ0) is 20.8. The molecule has 0 aliphatic rings. The van der Waals surface area contributed by atoms with Crippen LogP contribution in [0.25, 0.3) is 0 Å². The van der Waals surface area contributed by atoms with E-state index in [0.29, 0.717) is 23.5 Å². The van der Waals surface area contributed by atoms with E-state index < -0.39 is 30.1 Å². The number of hydrogen-bond donors (Lipinski definition) is 1. The average Bonchev–Trinajstić information content (AvgIpc) is 3.12. The molecule has 10 heteroatoms. The fourth-order valence-electron chi connectivity index (χ4n) is 2.23. The van der Waals surface area contributed by atoms with Gasteiger partial charge in [0.25, 0.3) is 5.91 Å². The summed E-state index contributed by atoms with van der Waals surface area (Å²) >= 11 is 0. The Bertz CT molecular complexity index is 1020. The number of nitrogens with zero attached hydrogens (tertiary/aromatic N) is 2. The molecule has 150 valence electrons. The maximum Gasteiger partial charge on any atom is 0.338 e. The van der Waals surface area contributed by atoms with E-state index in [-0.39, 0.29) is 17.9 Å². The van der Waals surface area contributed by atoms with Crippen LogP contribution in [0.3, 0.4) is 0 Å². The summed E-state index contributed by atoms with van der Waals surface area (Å²) in [6, 6.07) is 8.68. The molecule has 3 aromatic rings. The molecular formula is C19H15F2N3O5. The van der Waals surface area contributed by atoms with Gasteiger partial charge in [0.15, 0.2) is 13.2 Å². The standard InChI is InChI=1S/C19H15F2N3O5/c1-11-22-17(24-29-11)9-27-14-5-2-12(3-6-14)19(26)28-10-18(25)23-16-7-4-13(20)8-15(16)21/h2-8H,9-10H2,1H3,(H,23,25). The third-order valence-electron chi connectivity index (χ3n) is 3.57. The maximum absolute atomic E-state index is 13.5. The van der Waals surface area contributed by atoms with Gasteiger partial charge in [-0.05, 0) is 36.4 Å². The number of hydrogen-bond acceptors (Lipinski definition) is 7. The molecule has 1 heterocycles. The number of benzene rings is 2. The number of anilines is 1. The Morgan fingerprint density at radius 3 is 2.55 bits per heavy atom. The lowest BCUT2D eigenvalue weighted by Crippen LogP contribution is -2.21. The molecule has 0 saturated heterocycles. The first-order valence-corrected chi connectivity index (χ1v) is 8.35. The molecule has 8 nitrogen and oxygen atoms in total. The lowest BCUT2D eigenvalue weighted by Gasteiger charge is -2.08. The number of amides is 1. The Kier molecular flexibility index (Phi) is 6.12. The van der Waals surface area contributed by atoms with E-state index in [1.165, 1.54) is 24.3 Å². The third-order valence-corrected chi connectivity index (χ3v) is 3.57.